The molecule has 4 heteroatoms. The molecule has 0 radical (unpaired) electrons. The highest BCUT2D eigenvalue weighted by atomic mass is 16.7. The molecule has 0 spiro atoms. The second-order valence-corrected chi connectivity index (χ2v) is 4.07. The van der Waals surface area contributed by atoms with E-state index in [0.717, 1.165) is 18.8 Å². The Labute approximate surface area is 78.5 Å². The van der Waals surface area contributed by atoms with E-state index in [-0.39, 0.29) is 0 Å². The Morgan fingerprint density at radius 2 is 2.23 bits per heavy atom. The van der Waals surface area contributed by atoms with Crippen molar-refractivity contribution in [2.45, 2.75) is 32.1 Å². The van der Waals surface area contributed by atoms with Crippen molar-refractivity contribution in [2.75, 3.05) is 13.3 Å². The van der Waals surface area contributed by atoms with E-state index in [0.29, 0.717) is 12.1 Å². The summed E-state index contributed by atoms with van der Waals surface area (Å²) in [5, 5.41) is 0. The van der Waals surface area contributed by atoms with Gasteiger partial charge in [-0.2, -0.15) is 0 Å². The second kappa shape index (κ2) is 3.64. The minimum absolute atomic E-state index is 0.305. The van der Waals surface area contributed by atoms with Gasteiger partial charge in [-0.25, -0.2) is 4.99 Å². The highest BCUT2D eigenvalue weighted by Crippen LogP contribution is 2.40. The van der Waals surface area contributed by atoms with E-state index in [1.165, 1.54) is 25.7 Å². The molecule has 1 heterocycles. The van der Waals surface area contributed by atoms with Crippen molar-refractivity contribution in [2.24, 2.45) is 16.1 Å². The van der Waals surface area contributed by atoms with Gasteiger partial charge in [0.05, 0.1) is 0 Å². The molecule has 0 saturated heterocycles. The molecule has 1 aliphatic carbocycles. The molecule has 0 aromatic rings. The van der Waals surface area contributed by atoms with Gasteiger partial charge in [-0.3, -0.25) is 10.3 Å². The minimum Gasteiger partial charge on any atom is -0.330 e. The van der Waals surface area contributed by atoms with Crippen molar-refractivity contribution < 1.29 is 4.84 Å². The fraction of sp³-hybridized carbons (Fsp3) is 0.889. The van der Waals surface area contributed by atoms with E-state index in [9.17, 15) is 0 Å². The van der Waals surface area contributed by atoms with Crippen molar-refractivity contribution in [1.82, 2.24) is 5.48 Å². The van der Waals surface area contributed by atoms with Gasteiger partial charge in [0.2, 0.25) is 0 Å². The Hall–Kier alpha value is -0.610. The molecule has 0 amide bonds. The maximum atomic E-state index is 5.82. The monoisotopic (exact) mass is 183 g/mol. The molecule has 1 saturated carbocycles. The zero-order valence-corrected chi connectivity index (χ0v) is 7.88. The van der Waals surface area contributed by atoms with Crippen molar-refractivity contribution in [3.8, 4) is 0 Å². The average molecular weight is 183 g/mol. The fourth-order valence-electron chi connectivity index (χ4n) is 2.28. The highest BCUT2D eigenvalue weighted by Gasteiger charge is 2.34. The van der Waals surface area contributed by atoms with Gasteiger partial charge in [-0.15, -0.1) is 0 Å². The van der Waals surface area contributed by atoms with Crippen LogP contribution < -0.4 is 11.2 Å². The van der Waals surface area contributed by atoms with Crippen molar-refractivity contribution in [3.63, 3.8) is 0 Å². The Morgan fingerprint density at radius 1 is 1.46 bits per heavy atom. The lowest BCUT2D eigenvalue weighted by atomic mass is 9.82. The van der Waals surface area contributed by atoms with E-state index in [4.69, 9.17) is 10.6 Å². The number of rotatable bonds is 3. The summed E-state index contributed by atoms with van der Waals surface area (Å²) in [4.78, 5) is 9.18. The molecule has 0 unspecified atom stereocenters. The largest absolute Gasteiger partial charge is 0.330 e. The first-order valence-corrected chi connectivity index (χ1v) is 4.96. The molecule has 74 valence electrons. The SMILES string of the molecule is NCC1(CC2=NCON2)CCCC1. The van der Waals surface area contributed by atoms with Gasteiger partial charge < -0.3 is 5.73 Å². The van der Waals surface area contributed by atoms with Gasteiger partial charge in [-0.05, 0) is 24.8 Å². The zero-order valence-electron chi connectivity index (χ0n) is 7.88. The summed E-state index contributed by atoms with van der Waals surface area (Å²) in [5.74, 6) is 0.979. The van der Waals surface area contributed by atoms with E-state index < -0.39 is 0 Å². The number of hydrogen-bond donors (Lipinski definition) is 2. The third kappa shape index (κ3) is 1.84. The summed E-state index contributed by atoms with van der Waals surface area (Å²) in [6.07, 6.45) is 6.06. The number of nitrogens with two attached hydrogens (primary N) is 1. The topological polar surface area (TPSA) is 59.6 Å². The van der Waals surface area contributed by atoms with Gasteiger partial charge in [0, 0.05) is 6.42 Å². The molecule has 3 N–H and O–H groups in total. The molecule has 2 rings (SSSR count). The van der Waals surface area contributed by atoms with Crippen LogP contribution in [0, 0.1) is 5.41 Å². The molecular weight excluding hydrogens is 166 g/mol. The van der Waals surface area contributed by atoms with Crippen LogP contribution in [0.25, 0.3) is 0 Å². The average Bonchev–Trinajstić information content (AvgIpc) is 2.77. The van der Waals surface area contributed by atoms with E-state index >= 15 is 0 Å². The van der Waals surface area contributed by atoms with Crippen LogP contribution in [-0.4, -0.2) is 19.1 Å². The maximum Gasteiger partial charge on any atom is 0.166 e. The maximum absolute atomic E-state index is 5.82. The summed E-state index contributed by atoms with van der Waals surface area (Å²) < 4.78 is 0. The molecule has 0 atom stereocenters. The highest BCUT2D eigenvalue weighted by molar-refractivity contribution is 5.82. The van der Waals surface area contributed by atoms with Crippen LogP contribution in [0.2, 0.25) is 0 Å². The van der Waals surface area contributed by atoms with Gasteiger partial charge in [0.15, 0.2) is 6.73 Å². The van der Waals surface area contributed by atoms with Crippen molar-refractivity contribution >= 4 is 5.84 Å². The fourth-order valence-corrected chi connectivity index (χ4v) is 2.28. The van der Waals surface area contributed by atoms with Crippen LogP contribution in [0.5, 0.6) is 0 Å². The van der Waals surface area contributed by atoms with E-state index in [1.54, 1.807) is 0 Å². The first-order chi connectivity index (χ1) is 6.35. The van der Waals surface area contributed by atoms with Crippen LogP contribution in [0.1, 0.15) is 32.1 Å². The molecule has 0 aromatic heterocycles. The van der Waals surface area contributed by atoms with Crippen molar-refractivity contribution in [1.29, 1.82) is 0 Å². The third-order valence-electron chi connectivity index (χ3n) is 3.15. The zero-order chi connectivity index (χ0) is 9.15. The first kappa shape index (κ1) is 8.97. The molecular formula is C9H17N3O. The lowest BCUT2D eigenvalue weighted by Gasteiger charge is -2.26. The van der Waals surface area contributed by atoms with Crippen LogP contribution in [0.15, 0.2) is 4.99 Å². The van der Waals surface area contributed by atoms with Gasteiger partial charge in [-0.1, -0.05) is 12.8 Å². The van der Waals surface area contributed by atoms with Gasteiger partial charge in [0.1, 0.15) is 5.84 Å². The Balaban J connectivity index is 1.96. The predicted molar refractivity (Wildman–Crippen MR) is 51.1 cm³/mol. The number of hydrogen-bond acceptors (Lipinski definition) is 4. The van der Waals surface area contributed by atoms with E-state index in [1.807, 2.05) is 0 Å². The molecule has 2 aliphatic rings. The molecule has 0 aromatic carbocycles. The first-order valence-electron chi connectivity index (χ1n) is 4.96. The number of nitrogens with one attached hydrogen (secondary N) is 1. The molecule has 1 fully saturated rings. The van der Waals surface area contributed by atoms with Crippen LogP contribution in [0.3, 0.4) is 0 Å². The molecule has 13 heavy (non-hydrogen) atoms. The van der Waals surface area contributed by atoms with Crippen LogP contribution in [0.4, 0.5) is 0 Å². The molecule has 4 nitrogen and oxygen atoms in total. The van der Waals surface area contributed by atoms with E-state index in [2.05, 4.69) is 10.5 Å². The summed E-state index contributed by atoms with van der Waals surface area (Å²) in [6.45, 7) is 1.23. The van der Waals surface area contributed by atoms with Crippen molar-refractivity contribution in [3.05, 3.63) is 0 Å². The van der Waals surface area contributed by atoms with Gasteiger partial charge in [0.25, 0.3) is 0 Å². The number of aliphatic imine (C=N–C) groups is 1. The Kier molecular flexibility index (Phi) is 2.51. The lowest BCUT2D eigenvalue weighted by Crippen LogP contribution is -2.33. The molecule has 1 aliphatic heterocycles. The standard InChI is InChI=1S/C9H17N3O/c10-6-9(3-1-2-4-9)5-8-11-7-13-12-8/h1-7,10H2,(H,11,12). The second-order valence-electron chi connectivity index (χ2n) is 4.07. The van der Waals surface area contributed by atoms with Crippen LogP contribution in [-0.2, 0) is 4.84 Å². The summed E-state index contributed by atoms with van der Waals surface area (Å²) in [5.41, 5.74) is 8.97. The smallest absolute Gasteiger partial charge is 0.166 e. The quantitative estimate of drug-likeness (QED) is 0.680. The predicted octanol–water partition coefficient (Wildman–Crippen LogP) is 0.786. The Bertz CT molecular complexity index is 209. The summed E-state index contributed by atoms with van der Waals surface area (Å²) in [7, 11) is 0. The molecule has 0 bridgehead atoms. The van der Waals surface area contributed by atoms with Crippen LogP contribution >= 0.6 is 0 Å². The summed E-state index contributed by atoms with van der Waals surface area (Å²) >= 11 is 0. The number of hydroxylamine groups is 1. The van der Waals surface area contributed by atoms with Gasteiger partial charge >= 0.3 is 0 Å². The number of amidine groups is 1. The normalized spacial score (nSPS) is 25.8. The Morgan fingerprint density at radius 3 is 2.77 bits per heavy atom. The minimum atomic E-state index is 0.305. The third-order valence-corrected chi connectivity index (χ3v) is 3.15. The summed E-state index contributed by atoms with van der Waals surface area (Å²) in [6, 6.07) is 0. The number of nitrogens with zero attached hydrogens (tertiary/aromatic N) is 1. The lowest BCUT2D eigenvalue weighted by molar-refractivity contribution is 0.112.